The Hall–Kier alpha value is -0.960. The van der Waals surface area contributed by atoms with Crippen LogP contribution in [-0.2, 0) is 4.84 Å². The Bertz CT molecular complexity index is 168. The maximum Gasteiger partial charge on any atom is 0.294 e. The van der Waals surface area contributed by atoms with Gasteiger partial charge < -0.3 is 4.84 Å². The third-order valence-corrected chi connectivity index (χ3v) is 1.76. The molecule has 0 rings (SSSR count). The summed E-state index contributed by atoms with van der Waals surface area (Å²) in [6.45, 7) is 1.84. The number of thioether (sulfide) groups is 1. The summed E-state index contributed by atoms with van der Waals surface area (Å²) in [6, 6.07) is 0. The van der Waals surface area contributed by atoms with Gasteiger partial charge in [0.25, 0.3) is 5.09 Å². The molecule has 1 unspecified atom stereocenters. The van der Waals surface area contributed by atoms with Gasteiger partial charge in [0, 0.05) is 5.75 Å². The Kier molecular flexibility index (Phi) is 5.29. The highest BCUT2D eigenvalue weighted by atomic mass is 32.2. The third kappa shape index (κ3) is 6.93. The number of hydrogen-bond donors (Lipinski definition) is 0. The lowest BCUT2D eigenvalue weighted by Gasteiger charge is -2.04. The summed E-state index contributed by atoms with van der Waals surface area (Å²) in [5.74, 6) is 0.592. The van der Waals surface area contributed by atoms with Crippen molar-refractivity contribution in [3.05, 3.63) is 10.1 Å². The molecule has 0 heterocycles. The van der Waals surface area contributed by atoms with Gasteiger partial charge in [0.2, 0.25) is 0 Å². The number of nitriles is 1. The van der Waals surface area contributed by atoms with E-state index in [4.69, 9.17) is 5.26 Å². The minimum absolute atomic E-state index is 0.0325. The fraction of sp³-hybridized carbons (Fsp3) is 0.800. The first-order valence-corrected chi connectivity index (χ1v) is 3.93. The molecule has 0 aliphatic heterocycles. The molecule has 5 nitrogen and oxygen atoms in total. The highest BCUT2D eigenvalue weighted by molar-refractivity contribution is 8.03. The summed E-state index contributed by atoms with van der Waals surface area (Å²) >= 11 is 1.07. The average molecular weight is 176 g/mol. The monoisotopic (exact) mass is 176 g/mol. The highest BCUT2D eigenvalue weighted by Crippen LogP contribution is 2.06. The molecule has 0 aliphatic rings. The van der Waals surface area contributed by atoms with Gasteiger partial charge >= 0.3 is 0 Å². The highest BCUT2D eigenvalue weighted by Gasteiger charge is 2.04. The zero-order valence-electron chi connectivity index (χ0n) is 6.02. The predicted molar refractivity (Wildman–Crippen MR) is 40.2 cm³/mol. The summed E-state index contributed by atoms with van der Waals surface area (Å²) in [7, 11) is 0. The first kappa shape index (κ1) is 10.0. The molecule has 0 saturated carbocycles. The van der Waals surface area contributed by atoms with Crippen LogP contribution in [0.3, 0.4) is 0 Å². The van der Waals surface area contributed by atoms with Crippen molar-refractivity contribution in [2.24, 2.45) is 5.92 Å². The summed E-state index contributed by atoms with van der Waals surface area (Å²) in [4.78, 5) is 13.8. The van der Waals surface area contributed by atoms with Gasteiger partial charge in [-0.1, -0.05) is 6.92 Å². The van der Waals surface area contributed by atoms with Crippen LogP contribution in [0.15, 0.2) is 0 Å². The minimum atomic E-state index is -0.826. The van der Waals surface area contributed by atoms with Crippen molar-refractivity contribution < 1.29 is 9.92 Å². The molecule has 1 atom stereocenters. The van der Waals surface area contributed by atoms with E-state index < -0.39 is 5.09 Å². The molecule has 0 aromatic heterocycles. The second kappa shape index (κ2) is 5.80. The Morgan fingerprint density at radius 1 is 1.91 bits per heavy atom. The molecule has 0 amide bonds. The predicted octanol–water partition coefficient (Wildman–Crippen LogP) is 1.05. The zero-order valence-corrected chi connectivity index (χ0v) is 6.84. The van der Waals surface area contributed by atoms with Gasteiger partial charge in [-0.25, -0.2) is 0 Å². The molecule has 0 spiro atoms. The van der Waals surface area contributed by atoms with Crippen molar-refractivity contribution in [1.29, 1.82) is 5.26 Å². The van der Waals surface area contributed by atoms with Gasteiger partial charge in [-0.15, -0.1) is 10.1 Å². The minimum Gasteiger partial charge on any atom is -0.314 e. The maximum atomic E-state index is 9.69. The molecule has 6 heteroatoms. The lowest BCUT2D eigenvalue weighted by atomic mass is 10.2. The smallest absolute Gasteiger partial charge is 0.294 e. The van der Waals surface area contributed by atoms with Crippen molar-refractivity contribution in [3.8, 4) is 5.40 Å². The summed E-state index contributed by atoms with van der Waals surface area (Å²) < 4.78 is 0. The van der Waals surface area contributed by atoms with Crippen LogP contribution in [0.4, 0.5) is 0 Å². The zero-order chi connectivity index (χ0) is 8.69. The number of hydrogen-bond acceptors (Lipinski definition) is 5. The Balaban J connectivity index is 3.31. The molecular weight excluding hydrogens is 168 g/mol. The standard InChI is InChI=1S/C5H8N2O3S/c1-5(3-11-4-6)2-10-7(8)9/h5H,2-3H2,1H3. The van der Waals surface area contributed by atoms with Gasteiger partial charge in [0.15, 0.2) is 0 Å². The fourth-order valence-electron chi connectivity index (χ4n) is 0.416. The van der Waals surface area contributed by atoms with Gasteiger partial charge in [0.1, 0.15) is 5.40 Å². The van der Waals surface area contributed by atoms with E-state index in [2.05, 4.69) is 4.84 Å². The first-order chi connectivity index (χ1) is 5.16. The molecule has 0 aromatic rings. The Labute approximate surface area is 68.4 Å². The van der Waals surface area contributed by atoms with Crippen LogP contribution in [0.1, 0.15) is 6.92 Å². The first-order valence-electron chi connectivity index (χ1n) is 2.95. The quantitative estimate of drug-likeness (QED) is 0.355. The molecular formula is C5H8N2O3S. The van der Waals surface area contributed by atoms with Gasteiger partial charge in [-0.05, 0) is 17.7 Å². The van der Waals surface area contributed by atoms with E-state index in [-0.39, 0.29) is 12.5 Å². The van der Waals surface area contributed by atoms with Crippen LogP contribution >= 0.6 is 11.8 Å². The molecule has 0 saturated heterocycles. The van der Waals surface area contributed by atoms with E-state index in [9.17, 15) is 10.1 Å². The topological polar surface area (TPSA) is 76.2 Å². The van der Waals surface area contributed by atoms with E-state index in [0.717, 1.165) is 11.8 Å². The van der Waals surface area contributed by atoms with E-state index in [1.807, 2.05) is 5.40 Å². The van der Waals surface area contributed by atoms with Gasteiger partial charge in [0.05, 0.1) is 6.61 Å². The summed E-state index contributed by atoms with van der Waals surface area (Å²) in [5.41, 5.74) is 0. The molecule has 11 heavy (non-hydrogen) atoms. The molecule has 0 N–H and O–H groups in total. The molecule has 62 valence electrons. The van der Waals surface area contributed by atoms with E-state index in [1.54, 1.807) is 6.92 Å². The molecule has 0 bridgehead atoms. The normalized spacial score (nSPS) is 11.6. The van der Waals surface area contributed by atoms with Crippen LogP contribution in [0, 0.1) is 26.7 Å². The van der Waals surface area contributed by atoms with Gasteiger partial charge in [-0.3, -0.25) is 0 Å². The van der Waals surface area contributed by atoms with Crippen molar-refractivity contribution in [2.45, 2.75) is 6.92 Å². The van der Waals surface area contributed by atoms with Crippen molar-refractivity contribution in [1.82, 2.24) is 0 Å². The summed E-state index contributed by atoms with van der Waals surface area (Å²) in [5, 5.41) is 18.9. The number of nitrogens with zero attached hydrogens (tertiary/aromatic N) is 2. The second-order valence-corrected chi connectivity index (χ2v) is 2.83. The average Bonchev–Trinajstić information content (AvgIpc) is 1.97. The van der Waals surface area contributed by atoms with E-state index in [0.29, 0.717) is 5.75 Å². The van der Waals surface area contributed by atoms with Crippen LogP contribution < -0.4 is 0 Å². The fourth-order valence-corrected chi connectivity index (χ4v) is 0.871. The summed E-state index contributed by atoms with van der Waals surface area (Å²) in [6.07, 6.45) is 0. The van der Waals surface area contributed by atoms with Crippen LogP contribution in [0.5, 0.6) is 0 Å². The van der Waals surface area contributed by atoms with E-state index in [1.165, 1.54) is 0 Å². The SMILES string of the molecule is CC(CO[N+](=O)[O-])CSC#N. The van der Waals surface area contributed by atoms with Crippen molar-refractivity contribution in [3.63, 3.8) is 0 Å². The number of thiocyanates is 1. The molecule has 0 aliphatic carbocycles. The van der Waals surface area contributed by atoms with Crippen molar-refractivity contribution >= 4 is 11.8 Å². The van der Waals surface area contributed by atoms with Crippen LogP contribution in [0.2, 0.25) is 0 Å². The van der Waals surface area contributed by atoms with E-state index >= 15 is 0 Å². The lowest BCUT2D eigenvalue weighted by Crippen LogP contribution is -2.11. The largest absolute Gasteiger partial charge is 0.314 e. The van der Waals surface area contributed by atoms with Crippen molar-refractivity contribution in [2.75, 3.05) is 12.4 Å². The van der Waals surface area contributed by atoms with Crippen LogP contribution in [0.25, 0.3) is 0 Å². The third-order valence-electron chi connectivity index (χ3n) is 0.897. The second-order valence-electron chi connectivity index (χ2n) is 2.03. The molecule has 0 fully saturated rings. The Morgan fingerprint density at radius 3 is 3.00 bits per heavy atom. The number of rotatable bonds is 5. The molecule has 0 radical (unpaired) electrons. The Morgan fingerprint density at radius 2 is 2.55 bits per heavy atom. The molecule has 0 aromatic carbocycles. The maximum absolute atomic E-state index is 9.69. The van der Waals surface area contributed by atoms with Crippen LogP contribution in [-0.4, -0.2) is 17.4 Å². The van der Waals surface area contributed by atoms with Gasteiger partial charge in [-0.2, -0.15) is 5.26 Å². The lowest BCUT2D eigenvalue weighted by molar-refractivity contribution is -0.759.